The number of hydrogen-bond donors (Lipinski definition) is 0. The maximum atomic E-state index is 13.3. The molecule has 5 nitrogen and oxygen atoms in total. The molecule has 1 atom stereocenters. The van der Waals surface area contributed by atoms with Crippen LogP contribution in [-0.4, -0.2) is 58.2 Å². The second kappa shape index (κ2) is 7.53. The van der Waals surface area contributed by atoms with Gasteiger partial charge in [0, 0.05) is 37.9 Å². The van der Waals surface area contributed by atoms with E-state index < -0.39 is 30.6 Å². The summed E-state index contributed by atoms with van der Waals surface area (Å²) in [4.78, 5) is 14.5. The first-order valence-corrected chi connectivity index (χ1v) is 8.46. The van der Waals surface area contributed by atoms with E-state index in [9.17, 15) is 26.3 Å². The van der Waals surface area contributed by atoms with Crippen LogP contribution in [0, 0.1) is 0 Å². The average Bonchev–Trinajstić information content (AvgIpc) is 2.62. The SMILES string of the molecule is CC1CN(c2cc(C(F)(F)F)nc(-c3ccccn3)n2)CCN1CC(F)(F)F. The van der Waals surface area contributed by atoms with Crippen LogP contribution in [0.25, 0.3) is 11.5 Å². The summed E-state index contributed by atoms with van der Waals surface area (Å²) >= 11 is 0. The predicted molar refractivity (Wildman–Crippen MR) is 89.6 cm³/mol. The first-order valence-electron chi connectivity index (χ1n) is 8.46. The van der Waals surface area contributed by atoms with E-state index in [1.54, 1.807) is 24.0 Å². The third-order valence-corrected chi connectivity index (χ3v) is 4.37. The van der Waals surface area contributed by atoms with E-state index in [-0.39, 0.29) is 37.0 Å². The Morgan fingerprint density at radius 3 is 2.39 bits per heavy atom. The van der Waals surface area contributed by atoms with Crippen molar-refractivity contribution in [3.63, 3.8) is 0 Å². The zero-order chi connectivity index (χ0) is 20.5. The number of aromatic nitrogens is 3. The van der Waals surface area contributed by atoms with E-state index >= 15 is 0 Å². The smallest absolute Gasteiger partial charge is 0.354 e. The van der Waals surface area contributed by atoms with Crippen molar-refractivity contribution in [3.8, 4) is 11.5 Å². The first-order chi connectivity index (χ1) is 13.0. The van der Waals surface area contributed by atoms with Crippen molar-refractivity contribution in [3.05, 3.63) is 36.2 Å². The molecule has 0 saturated carbocycles. The summed E-state index contributed by atoms with van der Waals surface area (Å²) in [6.45, 7) is 0.843. The third kappa shape index (κ3) is 4.89. The molecule has 28 heavy (non-hydrogen) atoms. The molecule has 0 spiro atoms. The van der Waals surface area contributed by atoms with E-state index in [0.717, 1.165) is 6.07 Å². The van der Waals surface area contributed by atoms with Crippen LogP contribution in [0.2, 0.25) is 0 Å². The van der Waals surface area contributed by atoms with Crippen molar-refractivity contribution in [1.82, 2.24) is 19.9 Å². The summed E-state index contributed by atoms with van der Waals surface area (Å²) in [6, 6.07) is 5.02. The number of alkyl halides is 6. The van der Waals surface area contributed by atoms with Gasteiger partial charge in [-0.05, 0) is 19.1 Å². The van der Waals surface area contributed by atoms with Crippen molar-refractivity contribution in [2.24, 2.45) is 0 Å². The Labute approximate surface area is 157 Å². The summed E-state index contributed by atoms with van der Waals surface area (Å²) < 4.78 is 77.8. The van der Waals surface area contributed by atoms with E-state index in [1.165, 1.54) is 17.2 Å². The standard InChI is InChI=1S/C17H17F6N5/c1-11-9-27(6-7-28(11)10-16(18,19)20)14-8-13(17(21,22)23)25-15(26-14)12-4-2-3-5-24-12/h2-5,8,11H,6-7,9-10H2,1H3. The second-order valence-corrected chi connectivity index (χ2v) is 6.53. The molecule has 152 valence electrons. The van der Waals surface area contributed by atoms with Crippen LogP contribution >= 0.6 is 0 Å². The molecule has 0 aromatic carbocycles. The summed E-state index contributed by atoms with van der Waals surface area (Å²) in [5.74, 6) is -0.169. The normalized spacial score (nSPS) is 19.1. The first kappa shape index (κ1) is 20.3. The molecule has 11 heteroatoms. The Bertz CT molecular complexity index is 808. The van der Waals surface area contributed by atoms with Gasteiger partial charge in [0.05, 0.1) is 6.54 Å². The summed E-state index contributed by atoms with van der Waals surface area (Å²) in [5.41, 5.74) is -0.942. The van der Waals surface area contributed by atoms with Gasteiger partial charge in [-0.1, -0.05) is 6.07 Å². The van der Waals surface area contributed by atoms with Crippen molar-refractivity contribution >= 4 is 5.82 Å². The van der Waals surface area contributed by atoms with Gasteiger partial charge in [0.1, 0.15) is 11.5 Å². The molecule has 1 saturated heterocycles. The van der Waals surface area contributed by atoms with E-state index in [4.69, 9.17) is 0 Å². The molecule has 0 radical (unpaired) electrons. The van der Waals surface area contributed by atoms with Crippen molar-refractivity contribution in [1.29, 1.82) is 0 Å². The predicted octanol–water partition coefficient (Wildman–Crippen LogP) is 3.63. The van der Waals surface area contributed by atoms with Crippen LogP contribution in [0.15, 0.2) is 30.5 Å². The number of anilines is 1. The highest BCUT2D eigenvalue weighted by Gasteiger charge is 2.37. The fourth-order valence-corrected chi connectivity index (χ4v) is 3.02. The quantitative estimate of drug-likeness (QED) is 0.730. The Morgan fingerprint density at radius 2 is 1.82 bits per heavy atom. The molecular weight excluding hydrogens is 388 g/mol. The third-order valence-electron chi connectivity index (χ3n) is 4.37. The number of pyridine rings is 1. The van der Waals surface area contributed by atoms with Crippen LogP contribution in [-0.2, 0) is 6.18 Å². The van der Waals surface area contributed by atoms with Crippen LogP contribution in [0.3, 0.4) is 0 Å². The van der Waals surface area contributed by atoms with Crippen molar-refractivity contribution < 1.29 is 26.3 Å². The van der Waals surface area contributed by atoms with E-state index in [0.29, 0.717) is 0 Å². The molecule has 3 rings (SSSR count). The lowest BCUT2D eigenvalue weighted by Gasteiger charge is -2.40. The Balaban J connectivity index is 1.90. The van der Waals surface area contributed by atoms with Crippen molar-refractivity contribution in [2.45, 2.75) is 25.3 Å². The monoisotopic (exact) mass is 405 g/mol. The fourth-order valence-electron chi connectivity index (χ4n) is 3.02. The molecule has 0 N–H and O–H groups in total. The molecule has 1 aliphatic heterocycles. The summed E-state index contributed by atoms with van der Waals surface area (Å²) in [7, 11) is 0. The molecule has 1 fully saturated rings. The molecule has 0 bridgehead atoms. The number of halogens is 6. The number of hydrogen-bond acceptors (Lipinski definition) is 5. The molecule has 2 aromatic heterocycles. The lowest BCUT2D eigenvalue weighted by molar-refractivity contribution is -0.151. The molecule has 0 amide bonds. The molecule has 1 unspecified atom stereocenters. The molecule has 0 aliphatic carbocycles. The van der Waals surface area contributed by atoms with Gasteiger partial charge in [-0.25, -0.2) is 9.97 Å². The highest BCUT2D eigenvalue weighted by molar-refractivity contribution is 5.54. The van der Waals surface area contributed by atoms with Gasteiger partial charge >= 0.3 is 12.4 Å². The van der Waals surface area contributed by atoms with Gasteiger partial charge in [-0.3, -0.25) is 9.88 Å². The number of nitrogens with zero attached hydrogens (tertiary/aromatic N) is 5. The van der Waals surface area contributed by atoms with Gasteiger partial charge in [-0.2, -0.15) is 26.3 Å². The second-order valence-electron chi connectivity index (χ2n) is 6.53. The van der Waals surface area contributed by atoms with Gasteiger partial charge in [0.2, 0.25) is 0 Å². The number of piperazine rings is 1. The zero-order valence-corrected chi connectivity index (χ0v) is 14.8. The zero-order valence-electron chi connectivity index (χ0n) is 14.8. The van der Waals surface area contributed by atoms with Gasteiger partial charge in [-0.15, -0.1) is 0 Å². The molecule has 3 heterocycles. The molecule has 1 aliphatic rings. The Morgan fingerprint density at radius 1 is 1.07 bits per heavy atom. The lowest BCUT2D eigenvalue weighted by atomic mass is 10.2. The van der Waals surface area contributed by atoms with Gasteiger partial charge in [0.25, 0.3) is 0 Å². The van der Waals surface area contributed by atoms with Crippen LogP contribution < -0.4 is 4.90 Å². The summed E-state index contributed by atoms with van der Waals surface area (Å²) in [5, 5.41) is 0. The van der Waals surface area contributed by atoms with Gasteiger partial charge < -0.3 is 4.90 Å². The van der Waals surface area contributed by atoms with Crippen LogP contribution in [0.4, 0.5) is 32.2 Å². The minimum Gasteiger partial charge on any atom is -0.354 e. The van der Waals surface area contributed by atoms with Crippen LogP contribution in [0.1, 0.15) is 12.6 Å². The van der Waals surface area contributed by atoms with Crippen LogP contribution in [0.5, 0.6) is 0 Å². The fraction of sp³-hybridized carbons (Fsp3) is 0.471. The highest BCUT2D eigenvalue weighted by atomic mass is 19.4. The average molecular weight is 405 g/mol. The minimum absolute atomic E-state index is 0.0153. The molecular formula is C17H17F6N5. The topological polar surface area (TPSA) is 45.2 Å². The Hall–Kier alpha value is -2.43. The minimum atomic E-state index is -4.69. The largest absolute Gasteiger partial charge is 0.433 e. The Kier molecular flexibility index (Phi) is 5.46. The van der Waals surface area contributed by atoms with Crippen molar-refractivity contribution in [2.75, 3.05) is 31.1 Å². The van der Waals surface area contributed by atoms with Gasteiger partial charge in [0.15, 0.2) is 11.5 Å². The van der Waals surface area contributed by atoms with E-state index in [2.05, 4.69) is 15.0 Å². The summed E-state index contributed by atoms with van der Waals surface area (Å²) in [6.07, 6.45) is -7.61. The maximum Gasteiger partial charge on any atom is 0.433 e. The van der Waals surface area contributed by atoms with E-state index in [1.807, 2.05) is 0 Å². The highest BCUT2D eigenvalue weighted by Crippen LogP contribution is 2.32. The molecule has 2 aromatic rings. The maximum absolute atomic E-state index is 13.3. The lowest BCUT2D eigenvalue weighted by Crippen LogP contribution is -2.54. The number of rotatable bonds is 3.